The second-order valence-corrected chi connectivity index (χ2v) is 7.32. The Morgan fingerprint density at radius 1 is 1.16 bits per heavy atom. The number of rotatable bonds is 5. The maximum atomic E-state index is 13.0. The highest BCUT2D eigenvalue weighted by atomic mass is 19.4. The highest BCUT2D eigenvalue weighted by molar-refractivity contribution is 5.90. The van der Waals surface area contributed by atoms with Gasteiger partial charge in [0.05, 0.1) is 11.1 Å². The van der Waals surface area contributed by atoms with Crippen LogP contribution in [-0.2, 0) is 17.1 Å². The third kappa shape index (κ3) is 6.06. The summed E-state index contributed by atoms with van der Waals surface area (Å²) >= 11 is 0. The lowest BCUT2D eigenvalue weighted by atomic mass is 10.0. The number of hydrogen-bond donors (Lipinski definition) is 1. The van der Waals surface area contributed by atoms with Crippen molar-refractivity contribution >= 4 is 12.1 Å². The lowest BCUT2D eigenvalue weighted by Gasteiger charge is -2.13. The van der Waals surface area contributed by atoms with E-state index in [2.05, 4.69) is 20.3 Å². The highest BCUT2D eigenvalue weighted by Crippen LogP contribution is 2.38. The fourth-order valence-electron chi connectivity index (χ4n) is 3.20. The van der Waals surface area contributed by atoms with E-state index in [1.807, 2.05) is 7.05 Å². The van der Waals surface area contributed by atoms with E-state index in [1.54, 1.807) is 0 Å². The SMILES string of the molecule is CN1CCC(CNC(=O)C=Cn2cnc(-c3cc(C(F)(F)F)cc(C(F)(F)F)c3)n2)C1. The summed E-state index contributed by atoms with van der Waals surface area (Å²) in [7, 11) is 1.99. The largest absolute Gasteiger partial charge is 0.416 e. The van der Waals surface area contributed by atoms with Crippen LogP contribution in [0.1, 0.15) is 17.5 Å². The lowest BCUT2D eigenvalue weighted by Crippen LogP contribution is -2.29. The van der Waals surface area contributed by atoms with Crippen LogP contribution in [0.2, 0.25) is 0 Å². The van der Waals surface area contributed by atoms with Crippen molar-refractivity contribution in [2.24, 2.45) is 5.92 Å². The maximum absolute atomic E-state index is 13.0. The van der Waals surface area contributed by atoms with Gasteiger partial charge in [-0.3, -0.25) is 4.79 Å². The van der Waals surface area contributed by atoms with E-state index in [0.29, 0.717) is 24.6 Å². The van der Waals surface area contributed by atoms with Gasteiger partial charge in [0.1, 0.15) is 6.33 Å². The van der Waals surface area contributed by atoms with Gasteiger partial charge in [-0.15, -0.1) is 5.10 Å². The van der Waals surface area contributed by atoms with E-state index in [9.17, 15) is 31.1 Å². The normalized spacial score (nSPS) is 18.1. The third-order valence-corrected chi connectivity index (χ3v) is 4.79. The molecule has 12 heteroatoms. The number of aromatic nitrogens is 3. The van der Waals surface area contributed by atoms with E-state index in [1.165, 1.54) is 6.20 Å². The van der Waals surface area contributed by atoms with Gasteiger partial charge in [-0.1, -0.05) is 0 Å². The zero-order chi connectivity index (χ0) is 22.8. The van der Waals surface area contributed by atoms with Crippen LogP contribution >= 0.6 is 0 Å². The van der Waals surface area contributed by atoms with Crippen LogP contribution in [0.3, 0.4) is 0 Å². The van der Waals surface area contributed by atoms with Gasteiger partial charge in [0.2, 0.25) is 5.91 Å². The number of carbonyl (C=O) groups excluding carboxylic acids is 1. The molecule has 1 saturated heterocycles. The van der Waals surface area contributed by atoms with Crippen molar-refractivity contribution in [2.75, 3.05) is 26.7 Å². The summed E-state index contributed by atoms with van der Waals surface area (Å²) in [5, 5.41) is 6.58. The molecule has 6 nitrogen and oxygen atoms in total. The molecule has 1 unspecified atom stereocenters. The zero-order valence-electron chi connectivity index (χ0n) is 16.3. The predicted octanol–water partition coefficient (Wildman–Crippen LogP) is 3.52. The zero-order valence-corrected chi connectivity index (χ0v) is 16.3. The number of nitrogens with one attached hydrogen (secondary N) is 1. The molecule has 31 heavy (non-hydrogen) atoms. The fraction of sp³-hybridized carbons (Fsp3) is 0.421. The van der Waals surface area contributed by atoms with Crippen molar-refractivity contribution < 1.29 is 31.1 Å². The molecule has 1 atom stereocenters. The van der Waals surface area contributed by atoms with Gasteiger partial charge in [0.25, 0.3) is 0 Å². The van der Waals surface area contributed by atoms with E-state index < -0.39 is 35.0 Å². The summed E-state index contributed by atoms with van der Waals surface area (Å²) in [6, 6.07) is 1.13. The smallest absolute Gasteiger partial charge is 0.352 e. The topological polar surface area (TPSA) is 63.1 Å². The van der Waals surface area contributed by atoms with Crippen molar-refractivity contribution in [1.29, 1.82) is 0 Å². The van der Waals surface area contributed by atoms with E-state index in [4.69, 9.17) is 0 Å². The van der Waals surface area contributed by atoms with Crippen molar-refractivity contribution in [3.63, 3.8) is 0 Å². The molecule has 1 aromatic heterocycles. The number of likely N-dealkylation sites (tertiary alicyclic amines) is 1. The Bertz CT molecular complexity index is 933. The van der Waals surface area contributed by atoms with Gasteiger partial charge >= 0.3 is 12.4 Å². The van der Waals surface area contributed by atoms with Crippen LogP contribution in [0.25, 0.3) is 17.6 Å². The molecule has 1 amide bonds. The van der Waals surface area contributed by atoms with E-state index in [-0.39, 0.29) is 11.9 Å². The molecule has 3 rings (SSSR count). The minimum absolute atomic E-state index is 0.0346. The first kappa shape index (κ1) is 22.8. The first-order valence-electron chi connectivity index (χ1n) is 9.27. The van der Waals surface area contributed by atoms with Gasteiger partial charge in [-0.2, -0.15) is 26.3 Å². The Morgan fingerprint density at radius 3 is 2.35 bits per heavy atom. The Labute approximate surface area is 173 Å². The average molecular weight is 447 g/mol. The number of carbonyl (C=O) groups is 1. The minimum Gasteiger partial charge on any atom is -0.352 e. The lowest BCUT2D eigenvalue weighted by molar-refractivity contribution is -0.143. The van der Waals surface area contributed by atoms with Crippen LogP contribution in [0.15, 0.2) is 30.6 Å². The average Bonchev–Trinajstić information content (AvgIpc) is 3.32. The first-order valence-corrected chi connectivity index (χ1v) is 9.27. The Balaban J connectivity index is 1.72. The van der Waals surface area contributed by atoms with Gasteiger partial charge in [0.15, 0.2) is 5.82 Å². The second-order valence-electron chi connectivity index (χ2n) is 7.32. The Morgan fingerprint density at radius 2 is 1.81 bits per heavy atom. The molecule has 0 bridgehead atoms. The summed E-state index contributed by atoms with van der Waals surface area (Å²) in [4.78, 5) is 17.8. The molecule has 0 spiro atoms. The van der Waals surface area contributed by atoms with E-state index >= 15 is 0 Å². The molecule has 0 saturated carbocycles. The molecule has 1 aliphatic rings. The molecule has 1 fully saturated rings. The number of nitrogens with zero attached hydrogens (tertiary/aromatic N) is 4. The van der Waals surface area contributed by atoms with Crippen molar-refractivity contribution in [2.45, 2.75) is 18.8 Å². The number of halogens is 6. The van der Waals surface area contributed by atoms with Crippen molar-refractivity contribution in [1.82, 2.24) is 25.0 Å². The van der Waals surface area contributed by atoms with Crippen LogP contribution in [0.4, 0.5) is 26.3 Å². The number of amides is 1. The Kier molecular flexibility index (Phi) is 6.39. The molecular weight excluding hydrogens is 428 g/mol. The van der Waals surface area contributed by atoms with Crippen molar-refractivity contribution in [3.05, 3.63) is 41.7 Å². The predicted molar refractivity (Wildman–Crippen MR) is 99.4 cm³/mol. The molecule has 1 N–H and O–H groups in total. The summed E-state index contributed by atoms with van der Waals surface area (Å²) in [6.07, 6.45) is -5.51. The molecule has 1 aliphatic heterocycles. The van der Waals surface area contributed by atoms with Gasteiger partial charge in [-0.05, 0) is 44.1 Å². The van der Waals surface area contributed by atoms with Crippen molar-refractivity contribution in [3.8, 4) is 11.4 Å². The van der Waals surface area contributed by atoms with Crippen LogP contribution in [-0.4, -0.2) is 52.3 Å². The molecule has 168 valence electrons. The summed E-state index contributed by atoms with van der Waals surface area (Å²) in [5.41, 5.74) is -3.36. The molecule has 2 aromatic rings. The van der Waals surface area contributed by atoms with Crippen LogP contribution in [0, 0.1) is 5.92 Å². The van der Waals surface area contributed by atoms with Crippen LogP contribution < -0.4 is 5.32 Å². The molecule has 2 heterocycles. The fourth-order valence-corrected chi connectivity index (χ4v) is 3.20. The molecule has 0 radical (unpaired) electrons. The van der Waals surface area contributed by atoms with Gasteiger partial charge < -0.3 is 10.2 Å². The summed E-state index contributed by atoms with van der Waals surface area (Å²) < 4.78 is 79.0. The number of hydrogen-bond acceptors (Lipinski definition) is 4. The second kappa shape index (κ2) is 8.69. The highest BCUT2D eigenvalue weighted by Gasteiger charge is 2.37. The molecule has 1 aromatic carbocycles. The van der Waals surface area contributed by atoms with Crippen LogP contribution in [0.5, 0.6) is 0 Å². The minimum atomic E-state index is -4.97. The number of benzene rings is 1. The first-order chi connectivity index (χ1) is 14.4. The van der Waals surface area contributed by atoms with E-state index in [0.717, 1.165) is 36.6 Å². The maximum Gasteiger partial charge on any atom is 0.416 e. The third-order valence-electron chi connectivity index (χ3n) is 4.79. The van der Waals surface area contributed by atoms with Gasteiger partial charge in [0, 0.05) is 30.9 Å². The molecular formula is C19H19F6N5O. The quantitative estimate of drug-likeness (QED) is 0.563. The monoisotopic (exact) mass is 447 g/mol. The number of alkyl halides is 6. The standard InChI is InChI=1S/C19H19F6N5O/c1-29-4-2-12(10-29)9-26-16(31)3-5-30-11-27-17(28-30)13-6-14(18(20,21)22)8-15(7-13)19(23,24)25/h3,5-8,11-12H,2,4,9-10H2,1H3,(H,26,31). The summed E-state index contributed by atoms with van der Waals surface area (Å²) in [6.45, 7) is 2.34. The molecule has 0 aliphatic carbocycles. The summed E-state index contributed by atoms with van der Waals surface area (Å²) in [5.74, 6) is -0.384. The Hall–Kier alpha value is -2.89. The van der Waals surface area contributed by atoms with Gasteiger partial charge in [-0.25, -0.2) is 9.67 Å².